The zero-order valence-corrected chi connectivity index (χ0v) is 11.1. The number of aromatic nitrogens is 1. The standard InChI is InChI=1S/C16H14N2O2/c1-11-4-5-15-14(7-11)12(10-20-15)8-16(19)18-13-3-2-6-17-9-13/h2-7,9-10H,8H2,1H3,(H,18,19). The fraction of sp³-hybridized carbons (Fsp3) is 0.125. The molecule has 3 rings (SSSR count). The lowest BCUT2D eigenvalue weighted by atomic mass is 10.1. The number of carbonyl (C=O) groups is 1. The van der Waals surface area contributed by atoms with E-state index < -0.39 is 0 Å². The molecule has 2 heterocycles. The third-order valence-electron chi connectivity index (χ3n) is 3.11. The first kappa shape index (κ1) is 12.4. The van der Waals surface area contributed by atoms with Crippen LogP contribution in [0.2, 0.25) is 0 Å². The number of hydrogen-bond donors (Lipinski definition) is 1. The highest BCUT2D eigenvalue weighted by atomic mass is 16.3. The molecule has 0 spiro atoms. The third kappa shape index (κ3) is 2.54. The molecule has 3 aromatic rings. The Balaban J connectivity index is 1.79. The van der Waals surface area contributed by atoms with E-state index in [0.717, 1.165) is 22.1 Å². The first-order valence-corrected chi connectivity index (χ1v) is 6.39. The van der Waals surface area contributed by atoms with E-state index in [2.05, 4.69) is 10.3 Å². The molecule has 0 unspecified atom stereocenters. The quantitative estimate of drug-likeness (QED) is 0.791. The van der Waals surface area contributed by atoms with Crippen LogP contribution in [-0.2, 0) is 11.2 Å². The van der Waals surface area contributed by atoms with Gasteiger partial charge in [0.25, 0.3) is 0 Å². The second kappa shape index (κ2) is 5.17. The molecule has 0 radical (unpaired) electrons. The molecule has 1 aromatic carbocycles. The maximum Gasteiger partial charge on any atom is 0.228 e. The van der Waals surface area contributed by atoms with Crippen molar-refractivity contribution in [3.63, 3.8) is 0 Å². The number of anilines is 1. The summed E-state index contributed by atoms with van der Waals surface area (Å²) in [5, 5.41) is 3.81. The van der Waals surface area contributed by atoms with Crippen molar-refractivity contribution in [2.24, 2.45) is 0 Å². The number of fused-ring (bicyclic) bond motifs is 1. The average molecular weight is 266 g/mol. The van der Waals surface area contributed by atoms with Gasteiger partial charge in [-0.3, -0.25) is 9.78 Å². The van der Waals surface area contributed by atoms with Gasteiger partial charge in [-0.1, -0.05) is 11.6 Å². The Kier molecular flexibility index (Phi) is 3.21. The number of benzene rings is 1. The van der Waals surface area contributed by atoms with Crippen LogP contribution in [0.1, 0.15) is 11.1 Å². The number of carbonyl (C=O) groups excluding carboxylic acids is 1. The predicted molar refractivity (Wildman–Crippen MR) is 77.5 cm³/mol. The van der Waals surface area contributed by atoms with Crippen molar-refractivity contribution in [1.29, 1.82) is 0 Å². The van der Waals surface area contributed by atoms with Crippen molar-refractivity contribution in [1.82, 2.24) is 4.98 Å². The van der Waals surface area contributed by atoms with Gasteiger partial charge in [-0.2, -0.15) is 0 Å². The number of amides is 1. The molecule has 2 aromatic heterocycles. The molecule has 20 heavy (non-hydrogen) atoms. The molecule has 4 nitrogen and oxygen atoms in total. The summed E-state index contributed by atoms with van der Waals surface area (Å²) in [6, 6.07) is 9.54. The molecule has 4 heteroatoms. The molecule has 0 aliphatic carbocycles. The van der Waals surface area contributed by atoms with Crippen molar-refractivity contribution < 1.29 is 9.21 Å². The SMILES string of the molecule is Cc1ccc2occ(CC(=O)Nc3cccnc3)c2c1. The summed E-state index contributed by atoms with van der Waals surface area (Å²) in [7, 11) is 0. The van der Waals surface area contributed by atoms with Gasteiger partial charge in [0.15, 0.2) is 0 Å². The molecule has 1 N–H and O–H groups in total. The molecule has 0 saturated heterocycles. The van der Waals surface area contributed by atoms with Crippen molar-refractivity contribution in [2.75, 3.05) is 5.32 Å². The molecule has 100 valence electrons. The number of furan rings is 1. The van der Waals surface area contributed by atoms with E-state index in [9.17, 15) is 4.79 Å². The number of hydrogen-bond acceptors (Lipinski definition) is 3. The number of pyridine rings is 1. The van der Waals surface area contributed by atoms with Gasteiger partial charge in [-0.05, 0) is 31.2 Å². The van der Waals surface area contributed by atoms with Crippen LogP contribution in [0.3, 0.4) is 0 Å². The molecule has 0 aliphatic heterocycles. The van der Waals surface area contributed by atoms with E-state index in [4.69, 9.17) is 4.42 Å². The van der Waals surface area contributed by atoms with E-state index in [1.807, 2.05) is 31.2 Å². The van der Waals surface area contributed by atoms with Gasteiger partial charge in [0.1, 0.15) is 5.58 Å². The topological polar surface area (TPSA) is 55.1 Å². The van der Waals surface area contributed by atoms with Crippen molar-refractivity contribution in [2.45, 2.75) is 13.3 Å². The van der Waals surface area contributed by atoms with Gasteiger partial charge >= 0.3 is 0 Å². The van der Waals surface area contributed by atoms with Crippen molar-refractivity contribution >= 4 is 22.6 Å². The van der Waals surface area contributed by atoms with Crippen LogP contribution in [0.4, 0.5) is 5.69 Å². The normalized spacial score (nSPS) is 10.7. The second-order valence-electron chi connectivity index (χ2n) is 4.73. The van der Waals surface area contributed by atoms with Gasteiger partial charge in [-0.25, -0.2) is 0 Å². The molecule has 0 atom stereocenters. The third-order valence-corrected chi connectivity index (χ3v) is 3.11. The second-order valence-corrected chi connectivity index (χ2v) is 4.73. The van der Waals surface area contributed by atoms with Crippen LogP contribution in [0.25, 0.3) is 11.0 Å². The average Bonchev–Trinajstić information content (AvgIpc) is 2.82. The van der Waals surface area contributed by atoms with Crippen LogP contribution in [0.5, 0.6) is 0 Å². The minimum absolute atomic E-state index is 0.0813. The molecule has 1 amide bonds. The van der Waals surface area contributed by atoms with Crippen LogP contribution in [0, 0.1) is 6.92 Å². The maximum atomic E-state index is 12.0. The Morgan fingerprint density at radius 3 is 3.05 bits per heavy atom. The van der Waals surface area contributed by atoms with Crippen molar-refractivity contribution in [3.8, 4) is 0 Å². The van der Waals surface area contributed by atoms with Gasteiger partial charge < -0.3 is 9.73 Å². The zero-order valence-electron chi connectivity index (χ0n) is 11.1. The minimum Gasteiger partial charge on any atom is -0.464 e. The van der Waals surface area contributed by atoms with E-state index >= 15 is 0 Å². The summed E-state index contributed by atoms with van der Waals surface area (Å²) >= 11 is 0. The number of aryl methyl sites for hydroxylation is 1. The van der Waals surface area contributed by atoms with Crippen LogP contribution in [-0.4, -0.2) is 10.9 Å². The molecule has 0 fully saturated rings. The lowest BCUT2D eigenvalue weighted by molar-refractivity contribution is -0.115. The van der Waals surface area contributed by atoms with Crippen LogP contribution in [0.15, 0.2) is 53.4 Å². The zero-order chi connectivity index (χ0) is 13.9. The maximum absolute atomic E-state index is 12.0. The summed E-state index contributed by atoms with van der Waals surface area (Å²) in [5.41, 5.74) is 3.54. The molecule has 0 aliphatic rings. The number of nitrogens with one attached hydrogen (secondary N) is 1. The number of nitrogens with zero attached hydrogens (tertiary/aromatic N) is 1. The fourth-order valence-corrected chi connectivity index (χ4v) is 2.15. The lowest BCUT2D eigenvalue weighted by Gasteiger charge is -2.03. The summed E-state index contributed by atoms with van der Waals surface area (Å²) < 4.78 is 5.46. The largest absolute Gasteiger partial charge is 0.464 e. The highest BCUT2D eigenvalue weighted by Gasteiger charge is 2.10. The van der Waals surface area contributed by atoms with Crippen molar-refractivity contribution in [3.05, 3.63) is 60.1 Å². The lowest BCUT2D eigenvalue weighted by Crippen LogP contribution is -2.14. The monoisotopic (exact) mass is 266 g/mol. The first-order valence-electron chi connectivity index (χ1n) is 6.39. The van der Waals surface area contributed by atoms with E-state index in [-0.39, 0.29) is 12.3 Å². The minimum atomic E-state index is -0.0813. The summed E-state index contributed by atoms with van der Waals surface area (Å²) in [6.07, 6.45) is 5.22. The highest BCUT2D eigenvalue weighted by molar-refractivity contribution is 5.95. The number of rotatable bonds is 3. The molecule has 0 saturated carbocycles. The Morgan fingerprint density at radius 1 is 1.35 bits per heavy atom. The van der Waals surface area contributed by atoms with Crippen LogP contribution >= 0.6 is 0 Å². The Bertz CT molecular complexity index is 748. The first-order chi connectivity index (χ1) is 9.72. The van der Waals surface area contributed by atoms with E-state index in [1.54, 1.807) is 24.7 Å². The summed E-state index contributed by atoms with van der Waals surface area (Å²) in [5.74, 6) is -0.0813. The molecule has 0 bridgehead atoms. The fourth-order valence-electron chi connectivity index (χ4n) is 2.15. The predicted octanol–water partition coefficient (Wildman–Crippen LogP) is 3.32. The van der Waals surface area contributed by atoms with Gasteiger partial charge in [-0.15, -0.1) is 0 Å². The smallest absolute Gasteiger partial charge is 0.228 e. The van der Waals surface area contributed by atoms with E-state index in [1.165, 1.54) is 0 Å². The van der Waals surface area contributed by atoms with Gasteiger partial charge in [0, 0.05) is 17.1 Å². The summed E-state index contributed by atoms with van der Waals surface area (Å²) in [4.78, 5) is 16.0. The highest BCUT2D eigenvalue weighted by Crippen LogP contribution is 2.23. The summed E-state index contributed by atoms with van der Waals surface area (Å²) in [6.45, 7) is 2.02. The Morgan fingerprint density at radius 2 is 2.25 bits per heavy atom. The van der Waals surface area contributed by atoms with Gasteiger partial charge in [0.2, 0.25) is 5.91 Å². The Labute approximate surface area is 116 Å². The molecular formula is C16H14N2O2. The molecular weight excluding hydrogens is 252 g/mol. The van der Waals surface area contributed by atoms with Gasteiger partial charge in [0.05, 0.1) is 24.6 Å². The van der Waals surface area contributed by atoms with Crippen LogP contribution < -0.4 is 5.32 Å². The van der Waals surface area contributed by atoms with E-state index in [0.29, 0.717) is 5.69 Å². The Hall–Kier alpha value is -2.62.